The monoisotopic (exact) mass is 278 g/mol. The van der Waals surface area contributed by atoms with Crippen molar-refractivity contribution in [2.45, 2.75) is 25.5 Å². The fourth-order valence-electron chi connectivity index (χ4n) is 1.45. The SMILES string of the molecule is Ic1nccn1[C@H]1CCCCO1. The molecule has 1 atom stereocenters. The van der Waals surface area contributed by atoms with Crippen LogP contribution in [0.3, 0.4) is 0 Å². The summed E-state index contributed by atoms with van der Waals surface area (Å²) in [5.74, 6) is 0. The number of aromatic nitrogens is 2. The van der Waals surface area contributed by atoms with Gasteiger partial charge < -0.3 is 4.74 Å². The van der Waals surface area contributed by atoms with Crippen molar-refractivity contribution >= 4 is 22.6 Å². The van der Waals surface area contributed by atoms with E-state index in [2.05, 4.69) is 32.1 Å². The van der Waals surface area contributed by atoms with Crippen LogP contribution in [0.2, 0.25) is 0 Å². The summed E-state index contributed by atoms with van der Waals surface area (Å²) in [4.78, 5) is 4.16. The molecule has 0 aliphatic carbocycles. The van der Waals surface area contributed by atoms with E-state index in [1.807, 2.05) is 12.4 Å². The first-order valence-electron chi connectivity index (χ1n) is 4.18. The van der Waals surface area contributed by atoms with Gasteiger partial charge in [-0.2, -0.15) is 0 Å². The minimum atomic E-state index is 0.230. The lowest BCUT2D eigenvalue weighted by Crippen LogP contribution is -2.18. The van der Waals surface area contributed by atoms with Crippen LogP contribution in [0.5, 0.6) is 0 Å². The summed E-state index contributed by atoms with van der Waals surface area (Å²) in [5, 5.41) is 0. The highest BCUT2D eigenvalue weighted by Crippen LogP contribution is 2.23. The lowest BCUT2D eigenvalue weighted by molar-refractivity contribution is -0.0335. The van der Waals surface area contributed by atoms with E-state index in [0.717, 1.165) is 16.9 Å². The summed E-state index contributed by atoms with van der Waals surface area (Å²) in [6, 6.07) is 0. The molecule has 2 rings (SSSR count). The van der Waals surface area contributed by atoms with E-state index in [-0.39, 0.29) is 6.23 Å². The van der Waals surface area contributed by atoms with Gasteiger partial charge >= 0.3 is 0 Å². The molecule has 66 valence electrons. The van der Waals surface area contributed by atoms with Crippen LogP contribution in [0, 0.1) is 3.83 Å². The lowest BCUT2D eigenvalue weighted by Gasteiger charge is -2.24. The molecule has 1 aliphatic heterocycles. The zero-order valence-electron chi connectivity index (χ0n) is 6.74. The van der Waals surface area contributed by atoms with Crippen molar-refractivity contribution in [1.29, 1.82) is 0 Å². The lowest BCUT2D eigenvalue weighted by atomic mass is 10.2. The third-order valence-electron chi connectivity index (χ3n) is 2.09. The number of ether oxygens (including phenoxy) is 1. The van der Waals surface area contributed by atoms with E-state index in [9.17, 15) is 0 Å². The van der Waals surface area contributed by atoms with Crippen molar-refractivity contribution in [3.05, 3.63) is 16.2 Å². The van der Waals surface area contributed by atoms with Crippen LogP contribution < -0.4 is 0 Å². The molecule has 1 aliphatic rings. The van der Waals surface area contributed by atoms with Crippen molar-refractivity contribution in [1.82, 2.24) is 9.55 Å². The number of imidazole rings is 1. The Morgan fingerprint density at radius 1 is 1.58 bits per heavy atom. The van der Waals surface area contributed by atoms with Gasteiger partial charge in [-0.25, -0.2) is 4.98 Å². The summed E-state index contributed by atoms with van der Waals surface area (Å²) < 4.78 is 8.73. The Bertz CT molecular complexity index is 255. The Balaban J connectivity index is 2.13. The average Bonchev–Trinajstić information content (AvgIpc) is 2.53. The highest BCUT2D eigenvalue weighted by molar-refractivity contribution is 14.1. The number of hydrogen-bond acceptors (Lipinski definition) is 2. The Labute approximate surface area is 85.3 Å². The van der Waals surface area contributed by atoms with Crippen LogP contribution in [-0.4, -0.2) is 16.2 Å². The molecule has 1 aromatic heterocycles. The van der Waals surface area contributed by atoms with Gasteiger partial charge in [0.05, 0.1) is 0 Å². The highest BCUT2D eigenvalue weighted by Gasteiger charge is 2.16. The number of halogens is 1. The van der Waals surface area contributed by atoms with Crippen molar-refractivity contribution in [2.75, 3.05) is 6.61 Å². The second kappa shape index (κ2) is 3.74. The van der Waals surface area contributed by atoms with Crippen molar-refractivity contribution in [3.8, 4) is 0 Å². The number of hydrogen-bond donors (Lipinski definition) is 0. The molecule has 0 N–H and O–H groups in total. The zero-order chi connectivity index (χ0) is 8.39. The van der Waals surface area contributed by atoms with Gasteiger partial charge in [0.1, 0.15) is 6.23 Å². The van der Waals surface area contributed by atoms with Gasteiger partial charge in [0, 0.05) is 41.6 Å². The highest BCUT2D eigenvalue weighted by atomic mass is 127. The average molecular weight is 278 g/mol. The second-order valence-electron chi connectivity index (χ2n) is 2.92. The Kier molecular flexibility index (Phi) is 2.65. The first-order valence-corrected chi connectivity index (χ1v) is 5.26. The topological polar surface area (TPSA) is 27.1 Å². The van der Waals surface area contributed by atoms with Gasteiger partial charge in [-0.3, -0.25) is 4.57 Å². The Morgan fingerprint density at radius 2 is 2.50 bits per heavy atom. The van der Waals surface area contributed by atoms with Gasteiger partial charge in [-0.15, -0.1) is 0 Å². The molecule has 0 unspecified atom stereocenters. The molecule has 0 amide bonds. The molecule has 1 aromatic rings. The molecule has 0 saturated carbocycles. The van der Waals surface area contributed by atoms with Crippen LogP contribution in [0.25, 0.3) is 0 Å². The maximum absolute atomic E-state index is 5.62. The molecule has 1 saturated heterocycles. The largest absolute Gasteiger partial charge is 0.358 e. The maximum atomic E-state index is 5.62. The minimum Gasteiger partial charge on any atom is -0.358 e. The van der Waals surface area contributed by atoms with E-state index < -0.39 is 0 Å². The normalized spacial score (nSPS) is 24.2. The molecule has 0 radical (unpaired) electrons. The molecule has 4 heteroatoms. The summed E-state index contributed by atoms with van der Waals surface area (Å²) in [7, 11) is 0. The van der Waals surface area contributed by atoms with E-state index >= 15 is 0 Å². The fourth-order valence-corrected chi connectivity index (χ4v) is 2.09. The quantitative estimate of drug-likeness (QED) is 0.736. The molecule has 0 spiro atoms. The van der Waals surface area contributed by atoms with E-state index in [0.29, 0.717) is 0 Å². The molecule has 2 heterocycles. The number of nitrogens with zero attached hydrogens (tertiary/aromatic N) is 2. The molecule has 12 heavy (non-hydrogen) atoms. The van der Waals surface area contributed by atoms with Gasteiger partial charge in [0.25, 0.3) is 0 Å². The third kappa shape index (κ3) is 1.64. The predicted molar refractivity (Wildman–Crippen MR) is 53.8 cm³/mol. The van der Waals surface area contributed by atoms with Crippen molar-refractivity contribution in [3.63, 3.8) is 0 Å². The molecular formula is C8H11IN2O. The van der Waals surface area contributed by atoms with Crippen LogP contribution in [0.15, 0.2) is 12.4 Å². The van der Waals surface area contributed by atoms with Crippen LogP contribution >= 0.6 is 22.6 Å². The van der Waals surface area contributed by atoms with Crippen LogP contribution in [0.4, 0.5) is 0 Å². The van der Waals surface area contributed by atoms with Gasteiger partial charge in [0.2, 0.25) is 0 Å². The number of rotatable bonds is 1. The summed E-state index contributed by atoms with van der Waals surface area (Å²) in [5.41, 5.74) is 0. The molecule has 1 fully saturated rings. The van der Waals surface area contributed by atoms with Gasteiger partial charge in [-0.1, -0.05) is 0 Å². The Morgan fingerprint density at radius 3 is 3.08 bits per heavy atom. The second-order valence-corrected chi connectivity index (χ2v) is 3.89. The van der Waals surface area contributed by atoms with Crippen LogP contribution in [-0.2, 0) is 4.74 Å². The summed E-state index contributed by atoms with van der Waals surface area (Å²) >= 11 is 2.23. The van der Waals surface area contributed by atoms with E-state index in [1.54, 1.807) is 0 Å². The first-order chi connectivity index (χ1) is 5.88. The first kappa shape index (κ1) is 8.50. The standard InChI is InChI=1S/C8H11IN2O/c9-8-10-4-5-11(8)7-3-1-2-6-12-7/h4-5,7H,1-3,6H2/t7-/m1/s1. The molecule has 0 bridgehead atoms. The summed E-state index contributed by atoms with van der Waals surface area (Å²) in [6.07, 6.45) is 7.61. The van der Waals surface area contributed by atoms with E-state index in [1.165, 1.54) is 12.8 Å². The van der Waals surface area contributed by atoms with Crippen LogP contribution in [0.1, 0.15) is 25.5 Å². The predicted octanol–water partition coefficient (Wildman–Crippen LogP) is 2.19. The zero-order valence-corrected chi connectivity index (χ0v) is 8.90. The van der Waals surface area contributed by atoms with Gasteiger partial charge in [-0.05, 0) is 19.3 Å². The maximum Gasteiger partial charge on any atom is 0.173 e. The van der Waals surface area contributed by atoms with E-state index in [4.69, 9.17) is 4.74 Å². The smallest absolute Gasteiger partial charge is 0.173 e. The molecule has 3 nitrogen and oxygen atoms in total. The fraction of sp³-hybridized carbons (Fsp3) is 0.625. The van der Waals surface area contributed by atoms with Gasteiger partial charge in [0.15, 0.2) is 3.83 Å². The molecular weight excluding hydrogens is 267 g/mol. The van der Waals surface area contributed by atoms with Crippen molar-refractivity contribution in [2.24, 2.45) is 0 Å². The molecule has 0 aromatic carbocycles. The van der Waals surface area contributed by atoms with Crippen molar-refractivity contribution < 1.29 is 4.74 Å². The Hall–Kier alpha value is -0.100. The minimum absolute atomic E-state index is 0.230. The summed E-state index contributed by atoms with van der Waals surface area (Å²) in [6.45, 7) is 0.888. The third-order valence-corrected chi connectivity index (χ3v) is 2.92.